The number of carbonyl (C=O) groups excluding carboxylic acids is 1. The lowest BCUT2D eigenvalue weighted by Gasteiger charge is -2.07. The highest BCUT2D eigenvalue weighted by molar-refractivity contribution is 5.90. The number of nitrogens with one attached hydrogen (secondary N) is 2. The molecule has 0 aliphatic heterocycles. The van der Waals surface area contributed by atoms with E-state index in [9.17, 15) is 9.59 Å². The standard InChI is InChI=1S/C15H19N3O2/c1-10-5-4-6-13(9-10)17-14(19)7-8-18-12(3)11(2)16-15(18)20/h4-6,9H,7-8H2,1-3H3,(H,16,20)(H,17,19). The van der Waals surface area contributed by atoms with E-state index in [1.807, 2.05) is 45.0 Å². The van der Waals surface area contributed by atoms with E-state index in [4.69, 9.17) is 0 Å². The van der Waals surface area contributed by atoms with Crippen LogP contribution in [0.1, 0.15) is 23.4 Å². The number of anilines is 1. The number of nitrogens with zero attached hydrogens (tertiary/aromatic N) is 1. The Kier molecular flexibility index (Phi) is 4.08. The second-order valence-electron chi connectivity index (χ2n) is 4.96. The van der Waals surface area contributed by atoms with E-state index in [2.05, 4.69) is 10.3 Å². The van der Waals surface area contributed by atoms with Crippen molar-refractivity contribution in [3.05, 3.63) is 51.7 Å². The summed E-state index contributed by atoms with van der Waals surface area (Å²) in [6.07, 6.45) is 0.270. The normalized spacial score (nSPS) is 10.6. The predicted molar refractivity (Wildman–Crippen MR) is 79.0 cm³/mol. The molecule has 0 aliphatic rings. The summed E-state index contributed by atoms with van der Waals surface area (Å²) in [5, 5.41) is 2.83. The maximum atomic E-state index is 11.9. The summed E-state index contributed by atoms with van der Waals surface area (Å²) >= 11 is 0. The molecule has 1 aromatic carbocycles. The van der Waals surface area contributed by atoms with Crippen molar-refractivity contribution in [1.29, 1.82) is 0 Å². The first-order chi connectivity index (χ1) is 9.47. The number of H-pyrrole nitrogens is 1. The molecule has 0 atom stereocenters. The highest BCUT2D eigenvalue weighted by atomic mass is 16.2. The van der Waals surface area contributed by atoms with Crippen LogP contribution < -0.4 is 11.0 Å². The first-order valence-electron chi connectivity index (χ1n) is 6.60. The maximum Gasteiger partial charge on any atom is 0.325 e. The van der Waals surface area contributed by atoms with Crippen LogP contribution in [0.5, 0.6) is 0 Å². The van der Waals surface area contributed by atoms with Gasteiger partial charge in [0, 0.05) is 30.0 Å². The van der Waals surface area contributed by atoms with Crippen molar-refractivity contribution in [2.24, 2.45) is 0 Å². The van der Waals surface area contributed by atoms with Gasteiger partial charge in [0.25, 0.3) is 0 Å². The molecule has 0 saturated carbocycles. The molecule has 2 rings (SSSR count). The zero-order valence-corrected chi connectivity index (χ0v) is 12.0. The lowest BCUT2D eigenvalue weighted by molar-refractivity contribution is -0.116. The molecule has 0 saturated heterocycles. The fraction of sp³-hybridized carbons (Fsp3) is 0.333. The van der Waals surface area contributed by atoms with Crippen LogP contribution in [-0.4, -0.2) is 15.5 Å². The monoisotopic (exact) mass is 273 g/mol. The Morgan fingerprint density at radius 2 is 2.05 bits per heavy atom. The van der Waals surface area contributed by atoms with Gasteiger partial charge >= 0.3 is 5.69 Å². The Morgan fingerprint density at radius 1 is 1.30 bits per heavy atom. The molecule has 2 N–H and O–H groups in total. The first-order valence-corrected chi connectivity index (χ1v) is 6.60. The molecule has 0 unspecified atom stereocenters. The van der Waals surface area contributed by atoms with Crippen molar-refractivity contribution >= 4 is 11.6 Å². The molecule has 1 aromatic heterocycles. The molecule has 20 heavy (non-hydrogen) atoms. The summed E-state index contributed by atoms with van der Waals surface area (Å²) < 4.78 is 1.59. The lowest BCUT2D eigenvalue weighted by Crippen LogP contribution is -2.22. The maximum absolute atomic E-state index is 11.9. The Hall–Kier alpha value is -2.30. The van der Waals surface area contributed by atoms with Gasteiger partial charge in [-0.2, -0.15) is 0 Å². The van der Waals surface area contributed by atoms with Crippen LogP contribution in [0.25, 0.3) is 0 Å². The van der Waals surface area contributed by atoms with Crippen LogP contribution in [0.4, 0.5) is 5.69 Å². The van der Waals surface area contributed by atoms with Gasteiger partial charge in [-0.05, 0) is 38.5 Å². The summed E-state index contributed by atoms with van der Waals surface area (Å²) in [4.78, 5) is 26.3. The lowest BCUT2D eigenvalue weighted by atomic mass is 10.2. The minimum absolute atomic E-state index is 0.0965. The van der Waals surface area contributed by atoms with Gasteiger partial charge < -0.3 is 10.3 Å². The zero-order valence-electron chi connectivity index (χ0n) is 12.0. The smallest absolute Gasteiger partial charge is 0.325 e. The molecule has 2 aromatic rings. The van der Waals surface area contributed by atoms with Crippen LogP contribution in [0.3, 0.4) is 0 Å². The third kappa shape index (κ3) is 3.17. The van der Waals surface area contributed by atoms with Crippen molar-refractivity contribution in [2.45, 2.75) is 33.7 Å². The minimum atomic E-state index is -0.164. The molecule has 1 amide bonds. The summed E-state index contributed by atoms with van der Waals surface area (Å²) in [6.45, 7) is 6.07. The van der Waals surface area contributed by atoms with Crippen molar-refractivity contribution in [1.82, 2.24) is 9.55 Å². The van der Waals surface area contributed by atoms with E-state index >= 15 is 0 Å². The minimum Gasteiger partial charge on any atom is -0.326 e. The van der Waals surface area contributed by atoms with Gasteiger partial charge in [0.05, 0.1) is 0 Å². The molecule has 1 heterocycles. The number of aromatic nitrogens is 2. The van der Waals surface area contributed by atoms with Gasteiger partial charge in [-0.1, -0.05) is 12.1 Å². The van der Waals surface area contributed by atoms with Crippen molar-refractivity contribution in [2.75, 3.05) is 5.32 Å². The Morgan fingerprint density at radius 3 is 2.65 bits per heavy atom. The van der Waals surface area contributed by atoms with Gasteiger partial charge in [0.2, 0.25) is 5.91 Å². The van der Waals surface area contributed by atoms with Gasteiger partial charge in [-0.25, -0.2) is 4.79 Å². The van der Waals surface area contributed by atoms with Gasteiger partial charge in [0.15, 0.2) is 0 Å². The predicted octanol–water partition coefficient (Wildman–Crippen LogP) is 2.13. The summed E-state index contributed by atoms with van der Waals surface area (Å²) in [5.41, 5.74) is 3.43. The number of aryl methyl sites for hydroxylation is 2. The van der Waals surface area contributed by atoms with Gasteiger partial charge in [0.1, 0.15) is 0 Å². The molecule has 0 aliphatic carbocycles. The second kappa shape index (κ2) is 5.77. The first kappa shape index (κ1) is 14.1. The molecule has 0 bridgehead atoms. The van der Waals surface area contributed by atoms with Crippen LogP contribution in [0.15, 0.2) is 29.1 Å². The zero-order chi connectivity index (χ0) is 14.7. The fourth-order valence-corrected chi connectivity index (χ4v) is 2.10. The molecule has 0 radical (unpaired) electrons. The summed E-state index contributed by atoms with van der Waals surface area (Å²) in [6, 6.07) is 7.63. The second-order valence-corrected chi connectivity index (χ2v) is 4.96. The average molecular weight is 273 g/mol. The SMILES string of the molecule is Cc1cccc(NC(=O)CCn2c(C)c(C)[nH]c2=O)c1. The number of aromatic amines is 1. The molecule has 106 valence electrons. The van der Waals surface area contributed by atoms with Crippen LogP contribution >= 0.6 is 0 Å². The molecular formula is C15H19N3O2. The third-order valence-electron chi connectivity index (χ3n) is 3.35. The highest BCUT2D eigenvalue weighted by Crippen LogP contribution is 2.10. The highest BCUT2D eigenvalue weighted by Gasteiger charge is 2.09. The van der Waals surface area contributed by atoms with Crippen molar-refractivity contribution < 1.29 is 4.79 Å². The Labute approximate surface area is 117 Å². The molecular weight excluding hydrogens is 254 g/mol. The fourth-order valence-electron chi connectivity index (χ4n) is 2.10. The van der Waals surface area contributed by atoms with E-state index in [-0.39, 0.29) is 18.0 Å². The van der Waals surface area contributed by atoms with Crippen LogP contribution in [-0.2, 0) is 11.3 Å². The molecule has 0 fully saturated rings. The largest absolute Gasteiger partial charge is 0.326 e. The average Bonchev–Trinajstić information content (AvgIpc) is 2.61. The van der Waals surface area contributed by atoms with E-state index in [1.54, 1.807) is 4.57 Å². The quantitative estimate of drug-likeness (QED) is 0.896. The Bertz CT molecular complexity index is 683. The van der Waals surface area contributed by atoms with E-state index in [0.29, 0.717) is 6.54 Å². The number of hydrogen-bond donors (Lipinski definition) is 2. The van der Waals surface area contributed by atoms with Crippen molar-refractivity contribution in [3.63, 3.8) is 0 Å². The summed E-state index contributed by atoms with van der Waals surface area (Å²) in [5.74, 6) is -0.0965. The Balaban J connectivity index is 1.97. The van der Waals surface area contributed by atoms with E-state index in [1.165, 1.54) is 0 Å². The number of rotatable bonds is 4. The molecule has 0 spiro atoms. The topological polar surface area (TPSA) is 66.9 Å². The number of amides is 1. The number of imidazole rings is 1. The van der Waals surface area contributed by atoms with Gasteiger partial charge in [-0.15, -0.1) is 0 Å². The van der Waals surface area contributed by atoms with Crippen LogP contribution in [0, 0.1) is 20.8 Å². The van der Waals surface area contributed by atoms with Crippen molar-refractivity contribution in [3.8, 4) is 0 Å². The molecule has 5 heteroatoms. The number of hydrogen-bond acceptors (Lipinski definition) is 2. The number of carbonyl (C=O) groups is 1. The third-order valence-corrected chi connectivity index (χ3v) is 3.35. The molecule has 5 nitrogen and oxygen atoms in total. The number of benzene rings is 1. The van der Waals surface area contributed by atoms with E-state index < -0.39 is 0 Å². The van der Waals surface area contributed by atoms with Gasteiger partial charge in [-0.3, -0.25) is 9.36 Å². The van der Waals surface area contributed by atoms with Crippen LogP contribution in [0.2, 0.25) is 0 Å². The van der Waals surface area contributed by atoms with E-state index in [0.717, 1.165) is 22.6 Å². The summed E-state index contributed by atoms with van der Waals surface area (Å²) in [7, 11) is 0.